The van der Waals surface area contributed by atoms with Crippen molar-refractivity contribution >= 4 is 5.91 Å². The summed E-state index contributed by atoms with van der Waals surface area (Å²) in [6.45, 7) is 6.23. The number of imidazole rings is 1. The van der Waals surface area contributed by atoms with Crippen LogP contribution in [0.15, 0.2) is 30.5 Å². The van der Waals surface area contributed by atoms with Crippen LogP contribution in [0.1, 0.15) is 55.1 Å². The summed E-state index contributed by atoms with van der Waals surface area (Å²) in [5.74, 6) is 0.878. The summed E-state index contributed by atoms with van der Waals surface area (Å²) in [7, 11) is 1.93. The molecule has 164 valence electrons. The number of nitrogens with zero attached hydrogens (tertiary/aromatic N) is 4. The van der Waals surface area contributed by atoms with Crippen molar-refractivity contribution in [1.29, 1.82) is 0 Å². The van der Waals surface area contributed by atoms with Crippen LogP contribution in [0, 0.1) is 0 Å². The second-order valence-electron chi connectivity index (χ2n) is 8.25. The Bertz CT molecular complexity index is 817. The summed E-state index contributed by atoms with van der Waals surface area (Å²) in [6, 6.07) is 8.55. The van der Waals surface area contributed by atoms with Crippen LogP contribution in [0.25, 0.3) is 11.4 Å². The summed E-state index contributed by atoms with van der Waals surface area (Å²) < 4.78 is 1.93. The highest BCUT2D eigenvalue weighted by Gasteiger charge is 2.23. The molecule has 0 unspecified atom stereocenters. The Kier molecular flexibility index (Phi) is 8.46. The molecular weight excluding hydrogens is 376 g/mol. The number of aliphatic hydroxyl groups excluding tert-OH is 1. The predicted octanol–water partition coefficient (Wildman–Crippen LogP) is 3.35. The average Bonchev–Trinajstić information content (AvgIpc) is 2.98. The number of aliphatic hydroxyl groups is 1. The van der Waals surface area contributed by atoms with Crippen molar-refractivity contribution in [2.45, 2.75) is 45.4 Å². The smallest absolute Gasteiger partial charge is 0.272 e. The topological polar surface area (TPSA) is 61.6 Å². The monoisotopic (exact) mass is 412 g/mol. The molecule has 2 heterocycles. The minimum Gasteiger partial charge on any atom is -0.395 e. The van der Waals surface area contributed by atoms with Crippen LogP contribution in [-0.4, -0.2) is 69.7 Å². The van der Waals surface area contributed by atoms with Crippen molar-refractivity contribution in [3.8, 4) is 11.4 Å². The lowest BCUT2D eigenvalue weighted by Gasteiger charge is -2.21. The van der Waals surface area contributed by atoms with E-state index in [2.05, 4.69) is 41.1 Å². The van der Waals surface area contributed by atoms with Gasteiger partial charge in [-0.3, -0.25) is 9.69 Å². The maximum atomic E-state index is 13.1. The molecule has 0 aliphatic carbocycles. The molecule has 1 fully saturated rings. The Balaban J connectivity index is 1.69. The van der Waals surface area contributed by atoms with E-state index in [4.69, 9.17) is 5.11 Å². The van der Waals surface area contributed by atoms with Gasteiger partial charge in [-0.05, 0) is 37.4 Å². The number of β-amino-alcohol motifs (C(OH)–C–C–N with tert-alkyl or cyclic N) is 1. The van der Waals surface area contributed by atoms with E-state index in [9.17, 15) is 4.79 Å². The summed E-state index contributed by atoms with van der Waals surface area (Å²) in [4.78, 5) is 21.9. The first-order chi connectivity index (χ1) is 14.6. The van der Waals surface area contributed by atoms with Gasteiger partial charge in [-0.1, -0.05) is 44.4 Å². The number of benzene rings is 1. The molecule has 1 saturated heterocycles. The van der Waals surface area contributed by atoms with E-state index in [0.717, 1.165) is 43.9 Å². The van der Waals surface area contributed by atoms with Gasteiger partial charge >= 0.3 is 0 Å². The molecular formula is C24H36N4O2. The SMILES string of the molecule is CCCCCCc1cccc(-c2ncc(C(=O)N3CCCN(CCO)CC3)n2C)c1. The number of rotatable bonds is 9. The molecule has 0 atom stereocenters. The fourth-order valence-electron chi connectivity index (χ4n) is 4.20. The molecule has 30 heavy (non-hydrogen) atoms. The quantitative estimate of drug-likeness (QED) is 0.642. The van der Waals surface area contributed by atoms with Gasteiger partial charge in [-0.25, -0.2) is 4.98 Å². The third-order valence-electron chi connectivity index (χ3n) is 6.00. The number of hydrogen-bond donors (Lipinski definition) is 1. The minimum absolute atomic E-state index is 0.0396. The van der Waals surface area contributed by atoms with E-state index < -0.39 is 0 Å². The van der Waals surface area contributed by atoms with Gasteiger partial charge in [0.25, 0.3) is 5.91 Å². The number of aromatic nitrogens is 2. The molecule has 0 spiro atoms. The van der Waals surface area contributed by atoms with Crippen molar-refractivity contribution in [1.82, 2.24) is 19.4 Å². The Morgan fingerprint density at radius 3 is 2.80 bits per heavy atom. The molecule has 1 aliphatic rings. The van der Waals surface area contributed by atoms with E-state index in [1.54, 1.807) is 6.20 Å². The predicted molar refractivity (Wildman–Crippen MR) is 121 cm³/mol. The zero-order chi connectivity index (χ0) is 21.3. The zero-order valence-electron chi connectivity index (χ0n) is 18.5. The van der Waals surface area contributed by atoms with Gasteiger partial charge in [-0.2, -0.15) is 0 Å². The highest BCUT2D eigenvalue weighted by molar-refractivity contribution is 5.93. The first kappa shape index (κ1) is 22.5. The lowest BCUT2D eigenvalue weighted by Crippen LogP contribution is -2.36. The van der Waals surface area contributed by atoms with Crippen LogP contribution >= 0.6 is 0 Å². The van der Waals surface area contributed by atoms with Gasteiger partial charge < -0.3 is 14.6 Å². The largest absolute Gasteiger partial charge is 0.395 e. The van der Waals surface area contributed by atoms with Crippen molar-refractivity contribution in [3.63, 3.8) is 0 Å². The van der Waals surface area contributed by atoms with Gasteiger partial charge in [-0.15, -0.1) is 0 Å². The molecule has 2 aromatic rings. The highest BCUT2D eigenvalue weighted by atomic mass is 16.3. The number of amides is 1. The van der Waals surface area contributed by atoms with Crippen LogP contribution < -0.4 is 0 Å². The van der Waals surface area contributed by atoms with Crippen LogP contribution in [0.2, 0.25) is 0 Å². The van der Waals surface area contributed by atoms with E-state index in [1.807, 2.05) is 16.5 Å². The molecule has 1 N–H and O–H groups in total. The first-order valence-corrected chi connectivity index (χ1v) is 11.4. The van der Waals surface area contributed by atoms with Crippen molar-refractivity contribution in [2.75, 3.05) is 39.3 Å². The highest BCUT2D eigenvalue weighted by Crippen LogP contribution is 2.22. The maximum Gasteiger partial charge on any atom is 0.272 e. The van der Waals surface area contributed by atoms with Crippen LogP contribution in [-0.2, 0) is 13.5 Å². The van der Waals surface area contributed by atoms with Crippen molar-refractivity contribution in [2.24, 2.45) is 7.05 Å². The van der Waals surface area contributed by atoms with E-state index >= 15 is 0 Å². The number of unbranched alkanes of at least 4 members (excludes halogenated alkanes) is 3. The van der Waals surface area contributed by atoms with Gasteiger partial charge in [0.2, 0.25) is 0 Å². The fourth-order valence-corrected chi connectivity index (χ4v) is 4.20. The zero-order valence-corrected chi connectivity index (χ0v) is 18.5. The third kappa shape index (κ3) is 5.70. The van der Waals surface area contributed by atoms with E-state index in [-0.39, 0.29) is 12.5 Å². The first-order valence-electron chi connectivity index (χ1n) is 11.4. The molecule has 0 bridgehead atoms. The lowest BCUT2D eigenvalue weighted by molar-refractivity contribution is 0.0751. The minimum atomic E-state index is 0.0396. The summed E-state index contributed by atoms with van der Waals surface area (Å²) in [5.41, 5.74) is 3.03. The second-order valence-corrected chi connectivity index (χ2v) is 8.25. The van der Waals surface area contributed by atoms with E-state index in [0.29, 0.717) is 18.8 Å². The Morgan fingerprint density at radius 1 is 1.13 bits per heavy atom. The molecule has 1 amide bonds. The maximum absolute atomic E-state index is 13.1. The molecule has 1 aromatic carbocycles. The number of hydrogen-bond acceptors (Lipinski definition) is 4. The molecule has 1 aromatic heterocycles. The van der Waals surface area contributed by atoms with Gasteiger partial charge in [0.05, 0.1) is 12.8 Å². The summed E-state index contributed by atoms with van der Waals surface area (Å²) >= 11 is 0. The van der Waals surface area contributed by atoms with Gasteiger partial charge in [0, 0.05) is 38.8 Å². The second kappa shape index (κ2) is 11.3. The molecule has 6 nitrogen and oxygen atoms in total. The number of aryl methyl sites for hydroxylation is 1. The van der Waals surface area contributed by atoms with Crippen molar-refractivity contribution in [3.05, 3.63) is 41.7 Å². The average molecular weight is 413 g/mol. The standard InChI is InChI=1S/C24H36N4O2/c1-3-4-5-6-9-20-10-7-11-21(18-20)23-25-19-22(26(23)2)24(30)28-13-8-12-27(14-15-28)16-17-29/h7,10-11,18-19,29H,3-6,8-9,12-17H2,1-2H3. The molecule has 0 radical (unpaired) electrons. The number of carbonyl (C=O) groups excluding carboxylic acids is 1. The Labute approximate surface area is 180 Å². The van der Waals surface area contributed by atoms with Crippen molar-refractivity contribution < 1.29 is 9.90 Å². The van der Waals surface area contributed by atoms with Crippen LogP contribution in [0.3, 0.4) is 0 Å². The normalized spacial score (nSPS) is 15.4. The summed E-state index contributed by atoms with van der Waals surface area (Å²) in [5, 5.41) is 9.17. The Morgan fingerprint density at radius 2 is 2.00 bits per heavy atom. The molecule has 0 saturated carbocycles. The summed E-state index contributed by atoms with van der Waals surface area (Å²) in [6.07, 6.45) is 8.75. The van der Waals surface area contributed by atoms with Crippen LogP contribution in [0.5, 0.6) is 0 Å². The Hall–Kier alpha value is -2.18. The molecule has 1 aliphatic heterocycles. The molecule has 6 heteroatoms. The fraction of sp³-hybridized carbons (Fsp3) is 0.583. The van der Waals surface area contributed by atoms with Gasteiger partial charge in [0.15, 0.2) is 0 Å². The van der Waals surface area contributed by atoms with E-state index in [1.165, 1.54) is 31.2 Å². The van der Waals surface area contributed by atoms with Crippen LogP contribution in [0.4, 0.5) is 0 Å². The third-order valence-corrected chi connectivity index (χ3v) is 6.00. The molecule has 3 rings (SSSR count). The number of carbonyl (C=O) groups is 1. The lowest BCUT2D eigenvalue weighted by atomic mass is 10.0. The van der Waals surface area contributed by atoms with Gasteiger partial charge in [0.1, 0.15) is 11.5 Å².